The summed E-state index contributed by atoms with van der Waals surface area (Å²) in [6, 6.07) is 18.8. The summed E-state index contributed by atoms with van der Waals surface area (Å²) in [6.45, 7) is 4.17. The second-order valence-electron chi connectivity index (χ2n) is 12.1. The topological polar surface area (TPSA) is 61.1 Å². The van der Waals surface area contributed by atoms with Crippen molar-refractivity contribution in [1.29, 1.82) is 5.26 Å². The predicted molar refractivity (Wildman–Crippen MR) is 147 cm³/mol. The average molecular weight is 512 g/mol. The second-order valence-corrected chi connectivity index (χ2v) is 12.5. The summed E-state index contributed by atoms with van der Waals surface area (Å²) in [4.78, 5) is 12.3. The molecule has 0 saturated heterocycles. The van der Waals surface area contributed by atoms with Gasteiger partial charge in [-0.15, -0.1) is 0 Å². The van der Waals surface area contributed by atoms with Gasteiger partial charge >= 0.3 is 0 Å². The van der Waals surface area contributed by atoms with Crippen LogP contribution in [0, 0.1) is 40.4 Å². The Morgan fingerprint density at radius 1 is 0.973 bits per heavy atom. The number of benzene rings is 2. The van der Waals surface area contributed by atoms with Crippen LogP contribution in [0.15, 0.2) is 71.3 Å². The maximum atomic E-state index is 12.3. The van der Waals surface area contributed by atoms with Crippen LogP contribution in [0.1, 0.15) is 69.4 Å². The lowest BCUT2D eigenvalue weighted by molar-refractivity contribution is -0.141. The quantitative estimate of drug-likeness (QED) is 0.453. The standard InChI is InChI=1S/C33H34ClNO2/c1-32-18-28(23-9-7-22(8-10-23)21-5-3-20(19-35)4-6-21)31-26-14-12-25(36)17-24(26)11-13-27(31)29(32)15-16-30(34)33(32,2)37/h3-10,16-17,26-29,31,37H,11-15,18H2,1-2H3/t26-,27-,28+,29-,31+,32-,33?/m0/s1. The first kappa shape index (κ1) is 24.7. The zero-order valence-electron chi connectivity index (χ0n) is 21.6. The molecule has 0 radical (unpaired) electrons. The predicted octanol–water partition coefficient (Wildman–Crippen LogP) is 7.54. The Kier molecular flexibility index (Phi) is 5.98. The van der Waals surface area contributed by atoms with Gasteiger partial charge in [0.05, 0.1) is 11.6 Å². The number of carbonyl (C=O) groups excluding carboxylic acids is 1. The molecule has 0 bridgehead atoms. The van der Waals surface area contributed by atoms with E-state index in [0.29, 0.717) is 40.7 Å². The molecule has 1 N–H and O–H groups in total. The maximum Gasteiger partial charge on any atom is 0.155 e. The Morgan fingerprint density at radius 2 is 1.65 bits per heavy atom. The third kappa shape index (κ3) is 3.84. The Hall–Kier alpha value is -2.67. The minimum Gasteiger partial charge on any atom is -0.384 e. The lowest BCUT2D eigenvalue weighted by Crippen LogP contribution is -2.60. The molecule has 4 aliphatic rings. The van der Waals surface area contributed by atoms with Crippen molar-refractivity contribution in [1.82, 2.24) is 0 Å². The molecule has 0 spiro atoms. The molecule has 0 aliphatic heterocycles. The third-order valence-corrected chi connectivity index (χ3v) is 11.0. The Balaban J connectivity index is 1.41. The van der Waals surface area contributed by atoms with Gasteiger partial charge in [-0.2, -0.15) is 5.26 Å². The number of aliphatic hydroxyl groups is 1. The van der Waals surface area contributed by atoms with Gasteiger partial charge in [-0.25, -0.2) is 0 Å². The Labute approximate surface area is 224 Å². The highest BCUT2D eigenvalue weighted by Crippen LogP contribution is 2.67. The van der Waals surface area contributed by atoms with Crippen LogP contribution in [-0.2, 0) is 4.79 Å². The van der Waals surface area contributed by atoms with Crippen molar-refractivity contribution in [3.63, 3.8) is 0 Å². The first-order chi connectivity index (χ1) is 17.7. The fourth-order valence-electron chi connectivity index (χ4n) is 8.35. The Morgan fingerprint density at radius 3 is 2.32 bits per heavy atom. The van der Waals surface area contributed by atoms with Crippen molar-refractivity contribution in [3.05, 3.63) is 82.4 Å². The molecule has 2 aromatic carbocycles. The molecule has 4 heteroatoms. The molecule has 6 rings (SSSR count). The van der Waals surface area contributed by atoms with E-state index in [2.05, 4.69) is 43.3 Å². The summed E-state index contributed by atoms with van der Waals surface area (Å²) in [7, 11) is 0. The molecule has 37 heavy (non-hydrogen) atoms. The summed E-state index contributed by atoms with van der Waals surface area (Å²) in [5, 5.41) is 21.5. The summed E-state index contributed by atoms with van der Waals surface area (Å²) in [6.07, 6.45) is 9.47. The molecular weight excluding hydrogens is 478 g/mol. The van der Waals surface area contributed by atoms with Crippen LogP contribution in [-0.4, -0.2) is 16.5 Å². The Bertz CT molecular complexity index is 1330. The molecule has 4 aliphatic carbocycles. The largest absolute Gasteiger partial charge is 0.384 e. The molecule has 2 fully saturated rings. The normalized spacial score (nSPS) is 36.8. The second kappa shape index (κ2) is 8.97. The van der Waals surface area contributed by atoms with E-state index in [4.69, 9.17) is 16.9 Å². The number of allylic oxidation sites excluding steroid dienone is 3. The number of hydrogen-bond donors (Lipinski definition) is 1. The number of carbonyl (C=O) groups is 1. The lowest BCUT2D eigenvalue weighted by Gasteiger charge is -2.63. The number of nitriles is 1. The fourth-order valence-corrected chi connectivity index (χ4v) is 8.66. The van der Waals surface area contributed by atoms with E-state index < -0.39 is 5.60 Å². The zero-order valence-corrected chi connectivity index (χ0v) is 22.3. The third-order valence-electron chi connectivity index (χ3n) is 10.5. The highest BCUT2D eigenvalue weighted by molar-refractivity contribution is 6.30. The van der Waals surface area contributed by atoms with Gasteiger partial charge in [0.25, 0.3) is 0 Å². The fraction of sp³-hybridized carbons (Fsp3) is 0.455. The van der Waals surface area contributed by atoms with Gasteiger partial charge in [0, 0.05) is 16.9 Å². The monoisotopic (exact) mass is 511 g/mol. The molecule has 7 atom stereocenters. The summed E-state index contributed by atoms with van der Waals surface area (Å²) >= 11 is 6.67. The van der Waals surface area contributed by atoms with Gasteiger partial charge in [-0.3, -0.25) is 4.79 Å². The van der Waals surface area contributed by atoms with Crippen LogP contribution in [0.3, 0.4) is 0 Å². The van der Waals surface area contributed by atoms with Gasteiger partial charge in [-0.05, 0) is 104 Å². The van der Waals surface area contributed by atoms with Crippen LogP contribution < -0.4 is 0 Å². The van der Waals surface area contributed by atoms with Crippen LogP contribution in [0.25, 0.3) is 11.1 Å². The number of nitrogens with zero attached hydrogens (tertiary/aromatic N) is 1. The first-order valence-electron chi connectivity index (χ1n) is 13.7. The zero-order chi connectivity index (χ0) is 25.9. The van der Waals surface area contributed by atoms with Crippen molar-refractivity contribution in [2.24, 2.45) is 29.1 Å². The number of halogens is 1. The molecule has 3 nitrogen and oxygen atoms in total. The van der Waals surface area contributed by atoms with E-state index >= 15 is 0 Å². The van der Waals surface area contributed by atoms with E-state index in [1.54, 1.807) is 0 Å². The molecular formula is C33H34ClNO2. The smallest absolute Gasteiger partial charge is 0.155 e. The van der Waals surface area contributed by atoms with Gasteiger partial charge < -0.3 is 5.11 Å². The van der Waals surface area contributed by atoms with E-state index in [9.17, 15) is 9.90 Å². The molecule has 0 aromatic heterocycles. The number of hydrogen-bond acceptors (Lipinski definition) is 3. The highest BCUT2D eigenvalue weighted by Gasteiger charge is 2.62. The molecule has 190 valence electrons. The van der Waals surface area contributed by atoms with Crippen LogP contribution in [0.5, 0.6) is 0 Å². The molecule has 0 heterocycles. The maximum absolute atomic E-state index is 12.3. The first-order valence-corrected chi connectivity index (χ1v) is 14.0. The molecule has 2 aromatic rings. The number of fused-ring (bicyclic) bond motifs is 5. The van der Waals surface area contributed by atoms with Crippen LogP contribution in [0.2, 0.25) is 0 Å². The van der Waals surface area contributed by atoms with E-state index in [1.807, 2.05) is 37.3 Å². The van der Waals surface area contributed by atoms with E-state index in [-0.39, 0.29) is 17.1 Å². The number of rotatable bonds is 2. The minimum atomic E-state index is -1.05. The van der Waals surface area contributed by atoms with Crippen molar-refractivity contribution in [2.45, 2.75) is 63.9 Å². The van der Waals surface area contributed by atoms with E-state index in [0.717, 1.165) is 43.2 Å². The minimum absolute atomic E-state index is 0.281. The van der Waals surface area contributed by atoms with Crippen LogP contribution >= 0.6 is 11.6 Å². The van der Waals surface area contributed by atoms with Gasteiger partial charge in [0.15, 0.2) is 5.78 Å². The number of ketones is 1. The highest BCUT2D eigenvalue weighted by atomic mass is 35.5. The van der Waals surface area contributed by atoms with Gasteiger partial charge in [-0.1, -0.05) is 66.6 Å². The van der Waals surface area contributed by atoms with Crippen molar-refractivity contribution in [3.8, 4) is 17.2 Å². The van der Waals surface area contributed by atoms with Crippen molar-refractivity contribution < 1.29 is 9.90 Å². The summed E-state index contributed by atoms with van der Waals surface area (Å²) in [5.41, 5.74) is 4.19. The SMILES string of the molecule is CC1(O)C(Cl)=CC[C@H]2[C@@H]3CCC4=CC(=O)CC[C@@H]4[C@H]3[C@@H](c3ccc(-c4ccc(C#N)cc4)cc3)C[C@@]21C. The van der Waals surface area contributed by atoms with Gasteiger partial charge in [0.2, 0.25) is 0 Å². The lowest BCUT2D eigenvalue weighted by atomic mass is 9.43. The summed E-state index contributed by atoms with van der Waals surface area (Å²) < 4.78 is 0. The van der Waals surface area contributed by atoms with E-state index in [1.165, 1.54) is 11.1 Å². The average Bonchev–Trinajstić information content (AvgIpc) is 2.91. The van der Waals surface area contributed by atoms with Gasteiger partial charge in [0.1, 0.15) is 5.60 Å². The van der Waals surface area contributed by atoms with Crippen molar-refractivity contribution in [2.75, 3.05) is 0 Å². The molecule has 0 amide bonds. The summed E-state index contributed by atoms with van der Waals surface area (Å²) in [5.74, 6) is 2.35. The molecule has 1 unspecified atom stereocenters. The van der Waals surface area contributed by atoms with Crippen LogP contribution in [0.4, 0.5) is 0 Å². The molecule has 2 saturated carbocycles. The van der Waals surface area contributed by atoms with Crippen molar-refractivity contribution >= 4 is 17.4 Å².